The molecule has 0 radical (unpaired) electrons. The summed E-state index contributed by atoms with van der Waals surface area (Å²) in [6, 6.07) is 11.1. The van der Waals surface area contributed by atoms with E-state index < -0.39 is 21.9 Å². The van der Waals surface area contributed by atoms with Gasteiger partial charge < -0.3 is 19.8 Å². The first-order valence-corrected chi connectivity index (χ1v) is 12.6. The van der Waals surface area contributed by atoms with Crippen LogP contribution in [0.15, 0.2) is 47.4 Å². The number of H-pyrrole nitrogens is 1. The van der Waals surface area contributed by atoms with Crippen molar-refractivity contribution < 1.29 is 27.5 Å². The Morgan fingerprint density at radius 2 is 1.71 bits per heavy atom. The molecule has 0 unspecified atom stereocenters. The molecule has 3 rings (SSSR count). The summed E-state index contributed by atoms with van der Waals surface area (Å²) in [6.07, 6.45) is 0. The summed E-state index contributed by atoms with van der Waals surface area (Å²) in [5.41, 5.74) is 1.66. The molecule has 182 valence electrons. The van der Waals surface area contributed by atoms with Crippen LogP contribution in [-0.4, -0.2) is 55.9 Å². The quantitative estimate of drug-likeness (QED) is 0.417. The second-order valence-electron chi connectivity index (χ2n) is 7.34. The number of amides is 1. The van der Waals surface area contributed by atoms with E-state index in [1.165, 1.54) is 16.4 Å². The Hall–Kier alpha value is -3.37. The van der Waals surface area contributed by atoms with Crippen molar-refractivity contribution in [2.24, 2.45) is 0 Å². The fourth-order valence-electron chi connectivity index (χ4n) is 3.56. The van der Waals surface area contributed by atoms with Crippen molar-refractivity contribution >= 4 is 38.5 Å². The maximum Gasteiger partial charge on any atom is 0.354 e. The van der Waals surface area contributed by atoms with Crippen molar-refractivity contribution in [1.29, 1.82) is 0 Å². The van der Waals surface area contributed by atoms with Gasteiger partial charge >= 0.3 is 5.97 Å². The summed E-state index contributed by atoms with van der Waals surface area (Å²) < 4.78 is 38.1. The zero-order chi connectivity index (χ0) is 24.9. The molecule has 0 aliphatic carbocycles. The third kappa shape index (κ3) is 5.23. The van der Waals surface area contributed by atoms with Gasteiger partial charge in [0, 0.05) is 35.2 Å². The molecular formula is C24H29N3O6S. The maximum absolute atomic E-state index is 13.1. The zero-order valence-corrected chi connectivity index (χ0v) is 20.5. The number of rotatable bonds is 10. The zero-order valence-electron chi connectivity index (χ0n) is 19.7. The molecule has 0 aliphatic heterocycles. The van der Waals surface area contributed by atoms with Gasteiger partial charge in [-0.1, -0.05) is 13.8 Å². The number of aromatic nitrogens is 1. The van der Waals surface area contributed by atoms with Crippen molar-refractivity contribution in [1.82, 2.24) is 9.29 Å². The van der Waals surface area contributed by atoms with Gasteiger partial charge in [0.15, 0.2) is 0 Å². The van der Waals surface area contributed by atoms with Gasteiger partial charge in [0.05, 0.1) is 13.2 Å². The number of esters is 1. The van der Waals surface area contributed by atoms with Gasteiger partial charge in [0.1, 0.15) is 16.3 Å². The lowest BCUT2D eigenvalue weighted by atomic mass is 10.1. The summed E-state index contributed by atoms with van der Waals surface area (Å²) >= 11 is 0. The van der Waals surface area contributed by atoms with Crippen LogP contribution in [0.2, 0.25) is 0 Å². The molecule has 0 spiro atoms. The Balaban J connectivity index is 1.91. The number of sulfonamides is 1. The van der Waals surface area contributed by atoms with Crippen LogP contribution in [0, 0.1) is 0 Å². The number of nitrogens with one attached hydrogen (secondary N) is 2. The summed E-state index contributed by atoms with van der Waals surface area (Å²) in [7, 11) is -3.81. The van der Waals surface area contributed by atoms with Crippen LogP contribution < -0.4 is 10.1 Å². The van der Waals surface area contributed by atoms with Crippen LogP contribution in [-0.2, 0) is 14.8 Å². The van der Waals surface area contributed by atoms with E-state index in [2.05, 4.69) is 10.3 Å². The van der Waals surface area contributed by atoms with E-state index in [9.17, 15) is 18.0 Å². The first kappa shape index (κ1) is 25.3. The normalized spacial score (nSPS) is 11.6. The number of benzene rings is 2. The van der Waals surface area contributed by atoms with E-state index >= 15 is 0 Å². The van der Waals surface area contributed by atoms with Crippen LogP contribution in [0.3, 0.4) is 0 Å². The molecule has 0 saturated carbocycles. The SMILES string of the molecule is CCOC(=O)c1cc2cc(C(=O)Nc3ccc(OCC)c(S(=O)(=O)N(CC)CC)c3)ccc2[nH]1. The molecule has 9 nitrogen and oxygen atoms in total. The Labute approximate surface area is 199 Å². The van der Waals surface area contributed by atoms with Gasteiger partial charge in [-0.3, -0.25) is 4.79 Å². The van der Waals surface area contributed by atoms with Crippen molar-refractivity contribution in [2.75, 3.05) is 31.6 Å². The Morgan fingerprint density at radius 3 is 2.35 bits per heavy atom. The van der Waals surface area contributed by atoms with E-state index in [0.717, 1.165) is 0 Å². The van der Waals surface area contributed by atoms with E-state index in [0.29, 0.717) is 47.5 Å². The fraction of sp³-hybridized carbons (Fsp3) is 0.333. The van der Waals surface area contributed by atoms with Crippen molar-refractivity contribution in [2.45, 2.75) is 32.6 Å². The minimum absolute atomic E-state index is 0.00369. The molecule has 1 aromatic heterocycles. The van der Waals surface area contributed by atoms with Crippen LogP contribution >= 0.6 is 0 Å². The lowest BCUT2D eigenvalue weighted by Crippen LogP contribution is -2.31. The minimum Gasteiger partial charge on any atom is -0.492 e. The molecular weight excluding hydrogens is 458 g/mol. The molecule has 0 bridgehead atoms. The van der Waals surface area contributed by atoms with Gasteiger partial charge in [-0.2, -0.15) is 4.31 Å². The van der Waals surface area contributed by atoms with E-state index in [1.54, 1.807) is 58.0 Å². The second-order valence-corrected chi connectivity index (χ2v) is 9.25. The minimum atomic E-state index is -3.81. The standard InChI is InChI=1S/C24H29N3O6S/c1-5-27(6-2)34(30,31)22-15-18(10-12-21(22)32-7-3)25-23(28)16-9-11-19-17(13-16)14-20(26-19)24(29)33-8-4/h9-15,26H,5-8H2,1-4H3,(H,25,28). The highest BCUT2D eigenvalue weighted by Crippen LogP contribution is 2.30. The topological polar surface area (TPSA) is 118 Å². The molecule has 1 heterocycles. The van der Waals surface area contributed by atoms with E-state index in [4.69, 9.17) is 9.47 Å². The van der Waals surface area contributed by atoms with Gasteiger partial charge in [0.2, 0.25) is 10.0 Å². The van der Waals surface area contributed by atoms with Gasteiger partial charge in [-0.25, -0.2) is 13.2 Å². The highest BCUT2D eigenvalue weighted by molar-refractivity contribution is 7.89. The monoisotopic (exact) mass is 487 g/mol. The number of anilines is 1. The summed E-state index contributed by atoms with van der Waals surface area (Å²) in [5.74, 6) is -0.662. The first-order chi connectivity index (χ1) is 16.2. The number of ether oxygens (including phenoxy) is 2. The summed E-state index contributed by atoms with van der Waals surface area (Å²) in [6.45, 7) is 8.20. The highest BCUT2D eigenvalue weighted by atomic mass is 32.2. The van der Waals surface area contributed by atoms with Crippen LogP contribution in [0.5, 0.6) is 5.75 Å². The van der Waals surface area contributed by atoms with Crippen molar-refractivity contribution in [3.63, 3.8) is 0 Å². The number of fused-ring (bicyclic) bond motifs is 1. The molecule has 1 amide bonds. The average Bonchev–Trinajstić information content (AvgIpc) is 3.24. The fourth-order valence-corrected chi connectivity index (χ4v) is 5.18. The number of aromatic amines is 1. The van der Waals surface area contributed by atoms with Crippen molar-refractivity contribution in [3.05, 3.63) is 53.7 Å². The smallest absolute Gasteiger partial charge is 0.354 e. The molecule has 34 heavy (non-hydrogen) atoms. The average molecular weight is 488 g/mol. The van der Waals surface area contributed by atoms with E-state index in [-0.39, 0.29) is 17.3 Å². The molecule has 0 fully saturated rings. The molecule has 2 N–H and O–H groups in total. The van der Waals surface area contributed by atoms with Crippen LogP contribution in [0.1, 0.15) is 48.5 Å². The molecule has 0 aliphatic rings. The molecule has 0 saturated heterocycles. The largest absolute Gasteiger partial charge is 0.492 e. The lowest BCUT2D eigenvalue weighted by Gasteiger charge is -2.21. The van der Waals surface area contributed by atoms with Gasteiger partial charge in [-0.05, 0) is 56.3 Å². The predicted octanol–water partition coefficient (Wildman–Crippen LogP) is 4.03. The molecule has 10 heteroatoms. The molecule has 3 aromatic rings. The maximum atomic E-state index is 13.1. The lowest BCUT2D eigenvalue weighted by molar-refractivity contribution is 0.0520. The Morgan fingerprint density at radius 1 is 0.971 bits per heavy atom. The molecule has 2 aromatic carbocycles. The Kier molecular flexibility index (Phi) is 7.95. The van der Waals surface area contributed by atoms with Crippen LogP contribution in [0.25, 0.3) is 10.9 Å². The first-order valence-electron chi connectivity index (χ1n) is 11.1. The van der Waals surface area contributed by atoms with Crippen LogP contribution in [0.4, 0.5) is 5.69 Å². The molecule has 0 atom stereocenters. The van der Waals surface area contributed by atoms with Gasteiger partial charge in [0.25, 0.3) is 5.91 Å². The summed E-state index contributed by atoms with van der Waals surface area (Å²) in [4.78, 5) is 27.8. The highest BCUT2D eigenvalue weighted by Gasteiger charge is 2.26. The Bertz CT molecular complexity index is 1300. The summed E-state index contributed by atoms with van der Waals surface area (Å²) in [5, 5.41) is 3.42. The number of carbonyl (C=O) groups is 2. The number of hydrogen-bond donors (Lipinski definition) is 2. The van der Waals surface area contributed by atoms with Crippen molar-refractivity contribution in [3.8, 4) is 5.75 Å². The third-order valence-electron chi connectivity index (χ3n) is 5.20. The van der Waals surface area contributed by atoms with Gasteiger partial charge in [-0.15, -0.1) is 0 Å². The number of hydrogen-bond acceptors (Lipinski definition) is 6. The number of carbonyl (C=O) groups excluding carboxylic acids is 2. The van der Waals surface area contributed by atoms with E-state index in [1.807, 2.05) is 0 Å². The second kappa shape index (κ2) is 10.7. The predicted molar refractivity (Wildman–Crippen MR) is 130 cm³/mol. The number of nitrogens with zero attached hydrogens (tertiary/aromatic N) is 1. The third-order valence-corrected chi connectivity index (χ3v) is 7.27.